The third-order valence-corrected chi connectivity index (χ3v) is 4.22. The highest BCUT2D eigenvalue weighted by molar-refractivity contribution is 7.99. The van der Waals surface area contributed by atoms with E-state index in [1.165, 1.54) is 6.07 Å². The molecule has 0 aliphatic rings. The fourth-order valence-electron chi connectivity index (χ4n) is 1.57. The summed E-state index contributed by atoms with van der Waals surface area (Å²) in [6, 6.07) is 6.92. The number of pyridine rings is 1. The summed E-state index contributed by atoms with van der Waals surface area (Å²) in [5.41, 5.74) is -0.545. The van der Waals surface area contributed by atoms with E-state index in [0.29, 0.717) is 20.8 Å². The molecule has 0 spiro atoms. The lowest BCUT2D eigenvalue weighted by molar-refractivity contribution is -0.137. The van der Waals surface area contributed by atoms with Crippen molar-refractivity contribution >= 4 is 46.6 Å². The van der Waals surface area contributed by atoms with Crippen LogP contribution in [-0.4, -0.2) is 16.6 Å². The van der Waals surface area contributed by atoms with E-state index in [1.807, 2.05) is 0 Å². The predicted octanol–water partition coefficient (Wildman–Crippen LogP) is 5.14. The lowest BCUT2D eigenvalue weighted by Crippen LogP contribution is -2.14. The van der Waals surface area contributed by atoms with Gasteiger partial charge in [-0.25, -0.2) is 4.98 Å². The van der Waals surface area contributed by atoms with Crippen LogP contribution in [0, 0.1) is 0 Å². The summed E-state index contributed by atoms with van der Waals surface area (Å²) in [5.74, 6) is -0.438. The number of alkyl halides is 3. The van der Waals surface area contributed by atoms with Gasteiger partial charge in [0.15, 0.2) is 0 Å². The molecule has 1 N–H and O–H groups in total. The molecule has 23 heavy (non-hydrogen) atoms. The minimum Gasteiger partial charge on any atom is -0.323 e. The Hall–Kier alpha value is -1.44. The Morgan fingerprint density at radius 2 is 1.83 bits per heavy atom. The van der Waals surface area contributed by atoms with Crippen LogP contribution in [0.15, 0.2) is 41.6 Å². The van der Waals surface area contributed by atoms with Crippen molar-refractivity contribution in [2.24, 2.45) is 0 Å². The molecule has 1 heterocycles. The second-order valence-corrected chi connectivity index (χ2v) is 6.13. The topological polar surface area (TPSA) is 42.0 Å². The highest BCUT2D eigenvalue weighted by Crippen LogP contribution is 2.31. The van der Waals surface area contributed by atoms with Crippen molar-refractivity contribution in [1.82, 2.24) is 4.98 Å². The zero-order valence-electron chi connectivity index (χ0n) is 11.3. The molecule has 1 aromatic carbocycles. The molecule has 0 saturated heterocycles. The quantitative estimate of drug-likeness (QED) is 0.746. The lowest BCUT2D eigenvalue weighted by Gasteiger charge is -2.09. The van der Waals surface area contributed by atoms with E-state index >= 15 is 0 Å². The fraction of sp³-hybridized carbons (Fsp3) is 0.143. The van der Waals surface area contributed by atoms with Crippen LogP contribution >= 0.6 is 35.0 Å². The van der Waals surface area contributed by atoms with Gasteiger partial charge in [0, 0.05) is 6.20 Å². The van der Waals surface area contributed by atoms with Crippen LogP contribution in [0.3, 0.4) is 0 Å². The molecule has 9 heteroatoms. The van der Waals surface area contributed by atoms with Gasteiger partial charge in [0.2, 0.25) is 5.91 Å². The third kappa shape index (κ3) is 5.02. The number of benzene rings is 1. The third-order valence-electron chi connectivity index (χ3n) is 2.64. The van der Waals surface area contributed by atoms with Crippen LogP contribution in [0.5, 0.6) is 0 Å². The van der Waals surface area contributed by atoms with Gasteiger partial charge in [-0.3, -0.25) is 4.79 Å². The minimum absolute atomic E-state index is 0.0417. The first-order valence-electron chi connectivity index (χ1n) is 6.17. The van der Waals surface area contributed by atoms with E-state index in [1.54, 1.807) is 18.2 Å². The number of nitrogens with one attached hydrogen (secondary N) is 1. The summed E-state index contributed by atoms with van der Waals surface area (Å²) in [6.07, 6.45) is -3.71. The summed E-state index contributed by atoms with van der Waals surface area (Å²) in [4.78, 5) is 15.5. The average molecular weight is 381 g/mol. The van der Waals surface area contributed by atoms with Crippen molar-refractivity contribution in [3.63, 3.8) is 0 Å². The van der Waals surface area contributed by atoms with Crippen LogP contribution in [0.4, 0.5) is 18.9 Å². The Morgan fingerprint density at radius 3 is 2.35 bits per heavy atom. The molecule has 1 aromatic heterocycles. The number of carbonyl (C=O) groups is 1. The van der Waals surface area contributed by atoms with E-state index in [9.17, 15) is 18.0 Å². The van der Waals surface area contributed by atoms with Crippen molar-refractivity contribution in [1.29, 1.82) is 0 Å². The Balaban J connectivity index is 1.94. The SMILES string of the molecule is O=C(CSc1ccc(C(F)(F)F)cn1)Nc1c(Cl)cccc1Cl. The van der Waals surface area contributed by atoms with Crippen molar-refractivity contribution in [2.75, 3.05) is 11.1 Å². The molecule has 0 radical (unpaired) electrons. The van der Waals surface area contributed by atoms with E-state index in [2.05, 4.69) is 10.3 Å². The zero-order valence-corrected chi connectivity index (χ0v) is 13.7. The number of carbonyl (C=O) groups excluding carboxylic acids is 1. The highest BCUT2D eigenvalue weighted by atomic mass is 35.5. The smallest absolute Gasteiger partial charge is 0.323 e. The van der Waals surface area contributed by atoms with Crippen LogP contribution in [0.2, 0.25) is 10.0 Å². The molecule has 0 aliphatic carbocycles. The average Bonchev–Trinajstić information content (AvgIpc) is 2.48. The maximum Gasteiger partial charge on any atom is 0.417 e. The Kier molecular flexibility index (Phi) is 5.78. The molecular weight excluding hydrogens is 372 g/mol. The molecule has 0 fully saturated rings. The summed E-state index contributed by atoms with van der Waals surface area (Å²) in [5, 5.41) is 3.45. The summed E-state index contributed by atoms with van der Waals surface area (Å²) in [6.45, 7) is 0. The number of hydrogen-bond acceptors (Lipinski definition) is 3. The minimum atomic E-state index is -4.44. The number of rotatable bonds is 4. The van der Waals surface area contributed by atoms with Crippen molar-refractivity contribution in [2.45, 2.75) is 11.2 Å². The molecule has 2 rings (SSSR count). The summed E-state index contributed by atoms with van der Waals surface area (Å²) < 4.78 is 37.2. The number of halogens is 5. The Morgan fingerprint density at radius 1 is 1.17 bits per heavy atom. The predicted molar refractivity (Wildman–Crippen MR) is 85.1 cm³/mol. The zero-order chi connectivity index (χ0) is 17.0. The molecular formula is C14H9Cl2F3N2OS. The van der Waals surface area contributed by atoms with Crippen LogP contribution in [-0.2, 0) is 11.0 Å². The van der Waals surface area contributed by atoms with E-state index in [4.69, 9.17) is 23.2 Å². The highest BCUT2D eigenvalue weighted by Gasteiger charge is 2.30. The number of hydrogen-bond donors (Lipinski definition) is 1. The lowest BCUT2D eigenvalue weighted by atomic mass is 10.3. The Labute approximate surface area is 144 Å². The van der Waals surface area contributed by atoms with Gasteiger partial charge >= 0.3 is 6.18 Å². The number of amides is 1. The molecule has 0 bridgehead atoms. The molecule has 1 amide bonds. The van der Waals surface area contributed by atoms with Gasteiger partial charge in [0.25, 0.3) is 0 Å². The number of aromatic nitrogens is 1. The summed E-state index contributed by atoms with van der Waals surface area (Å²) >= 11 is 12.9. The first-order valence-corrected chi connectivity index (χ1v) is 7.91. The number of anilines is 1. The van der Waals surface area contributed by atoms with Gasteiger partial charge in [-0.1, -0.05) is 41.0 Å². The largest absolute Gasteiger partial charge is 0.417 e. The van der Waals surface area contributed by atoms with Crippen molar-refractivity contribution in [3.05, 3.63) is 52.1 Å². The monoisotopic (exact) mass is 380 g/mol. The second-order valence-electron chi connectivity index (χ2n) is 4.32. The maximum atomic E-state index is 12.4. The molecule has 3 nitrogen and oxygen atoms in total. The maximum absolute atomic E-state index is 12.4. The second kappa shape index (κ2) is 7.42. The van der Waals surface area contributed by atoms with Crippen molar-refractivity contribution < 1.29 is 18.0 Å². The first kappa shape index (κ1) is 17.9. The van der Waals surface area contributed by atoms with Gasteiger partial charge in [-0.15, -0.1) is 0 Å². The standard InChI is InChI=1S/C14H9Cl2F3N2OS/c15-9-2-1-3-10(16)13(9)21-11(22)7-23-12-5-4-8(6-20-12)14(17,18)19/h1-6H,7H2,(H,21,22). The summed E-state index contributed by atoms with van der Waals surface area (Å²) in [7, 11) is 0. The van der Waals surface area contributed by atoms with Gasteiger partial charge in [0.1, 0.15) is 0 Å². The number of nitrogens with zero attached hydrogens (tertiary/aromatic N) is 1. The van der Waals surface area contributed by atoms with Crippen molar-refractivity contribution in [3.8, 4) is 0 Å². The Bertz CT molecular complexity index is 688. The van der Waals surface area contributed by atoms with Gasteiger partial charge in [-0.05, 0) is 24.3 Å². The van der Waals surface area contributed by atoms with Crippen LogP contribution in [0.25, 0.3) is 0 Å². The first-order chi connectivity index (χ1) is 10.8. The molecule has 2 aromatic rings. The number of para-hydroxylation sites is 1. The van der Waals surface area contributed by atoms with Gasteiger partial charge < -0.3 is 5.32 Å². The number of thioether (sulfide) groups is 1. The molecule has 0 atom stereocenters. The van der Waals surface area contributed by atoms with Gasteiger partial charge in [0.05, 0.1) is 32.1 Å². The molecule has 0 unspecified atom stereocenters. The van der Waals surface area contributed by atoms with E-state index in [0.717, 1.165) is 24.0 Å². The van der Waals surface area contributed by atoms with Crippen LogP contribution in [0.1, 0.15) is 5.56 Å². The van der Waals surface area contributed by atoms with Crippen LogP contribution < -0.4 is 5.32 Å². The van der Waals surface area contributed by atoms with E-state index < -0.39 is 17.6 Å². The van der Waals surface area contributed by atoms with E-state index in [-0.39, 0.29) is 5.75 Å². The fourth-order valence-corrected chi connectivity index (χ4v) is 2.70. The molecule has 0 aliphatic heterocycles. The van der Waals surface area contributed by atoms with Gasteiger partial charge in [-0.2, -0.15) is 13.2 Å². The molecule has 122 valence electrons. The normalized spacial score (nSPS) is 11.3. The molecule has 0 saturated carbocycles.